The van der Waals surface area contributed by atoms with Gasteiger partial charge in [0.15, 0.2) is 0 Å². The summed E-state index contributed by atoms with van der Waals surface area (Å²) in [6, 6.07) is -0.838. The zero-order valence-corrected chi connectivity index (χ0v) is 9.72. The lowest BCUT2D eigenvalue weighted by atomic mass is 10.1. The predicted octanol–water partition coefficient (Wildman–Crippen LogP) is -1.05. The van der Waals surface area contributed by atoms with Crippen molar-refractivity contribution in [3.8, 4) is 0 Å². The SMILES string of the molecule is CC1CN(C)CCN1C(=O)C(N)CC(=O)O. The van der Waals surface area contributed by atoms with Gasteiger partial charge in [0.1, 0.15) is 0 Å². The summed E-state index contributed by atoms with van der Waals surface area (Å²) >= 11 is 0. The van der Waals surface area contributed by atoms with Gasteiger partial charge in [0, 0.05) is 25.7 Å². The van der Waals surface area contributed by atoms with E-state index in [1.54, 1.807) is 4.90 Å². The maximum atomic E-state index is 11.9. The Morgan fingerprint density at radius 1 is 1.50 bits per heavy atom. The van der Waals surface area contributed by atoms with Gasteiger partial charge >= 0.3 is 5.97 Å². The van der Waals surface area contributed by atoms with Crippen LogP contribution in [0.15, 0.2) is 0 Å². The molecule has 0 aliphatic carbocycles. The zero-order valence-electron chi connectivity index (χ0n) is 9.72. The Morgan fingerprint density at radius 2 is 2.12 bits per heavy atom. The molecule has 0 aromatic rings. The van der Waals surface area contributed by atoms with E-state index >= 15 is 0 Å². The van der Waals surface area contributed by atoms with Crippen LogP contribution in [0.25, 0.3) is 0 Å². The molecule has 2 atom stereocenters. The van der Waals surface area contributed by atoms with E-state index in [9.17, 15) is 9.59 Å². The van der Waals surface area contributed by atoms with Crippen LogP contribution in [0.5, 0.6) is 0 Å². The van der Waals surface area contributed by atoms with Gasteiger partial charge in [-0.05, 0) is 14.0 Å². The first kappa shape index (κ1) is 12.9. The summed E-state index contributed by atoms with van der Waals surface area (Å²) in [6.45, 7) is 4.16. The van der Waals surface area contributed by atoms with Crippen LogP contribution in [0, 0.1) is 0 Å². The molecule has 0 aromatic heterocycles. The second-order valence-electron chi connectivity index (χ2n) is 4.35. The zero-order chi connectivity index (χ0) is 12.3. The number of carbonyl (C=O) groups excluding carboxylic acids is 1. The predicted molar refractivity (Wildman–Crippen MR) is 58.9 cm³/mol. The molecule has 1 fully saturated rings. The average Bonchev–Trinajstić information content (AvgIpc) is 2.15. The van der Waals surface area contributed by atoms with Crippen molar-refractivity contribution in [2.24, 2.45) is 5.73 Å². The van der Waals surface area contributed by atoms with E-state index in [0.717, 1.165) is 13.1 Å². The Labute approximate surface area is 95.0 Å². The maximum Gasteiger partial charge on any atom is 0.305 e. The number of aliphatic carboxylic acids is 1. The molecule has 1 saturated heterocycles. The number of amides is 1. The molecule has 3 N–H and O–H groups in total. The fraction of sp³-hybridized carbons (Fsp3) is 0.800. The maximum absolute atomic E-state index is 11.9. The van der Waals surface area contributed by atoms with Crippen molar-refractivity contribution in [3.63, 3.8) is 0 Å². The minimum absolute atomic E-state index is 0.0890. The topological polar surface area (TPSA) is 86.9 Å². The molecular formula is C10H19N3O3. The van der Waals surface area contributed by atoms with Gasteiger partial charge in [-0.15, -0.1) is 0 Å². The molecule has 0 aromatic carbocycles. The summed E-state index contributed by atoms with van der Waals surface area (Å²) in [7, 11) is 2.00. The molecule has 0 saturated carbocycles. The van der Waals surface area contributed by atoms with Crippen LogP contribution in [0.3, 0.4) is 0 Å². The van der Waals surface area contributed by atoms with Crippen LogP contribution >= 0.6 is 0 Å². The normalized spacial score (nSPS) is 24.2. The van der Waals surface area contributed by atoms with E-state index in [1.165, 1.54) is 0 Å². The summed E-state index contributed by atoms with van der Waals surface area (Å²) in [5, 5.41) is 8.58. The molecule has 0 spiro atoms. The lowest BCUT2D eigenvalue weighted by Crippen LogP contribution is -2.56. The fourth-order valence-corrected chi connectivity index (χ4v) is 1.96. The van der Waals surface area contributed by atoms with E-state index in [1.807, 2.05) is 14.0 Å². The minimum Gasteiger partial charge on any atom is -0.481 e. The fourth-order valence-electron chi connectivity index (χ4n) is 1.96. The van der Waals surface area contributed by atoms with Crippen molar-refractivity contribution in [2.45, 2.75) is 25.4 Å². The number of hydrogen-bond donors (Lipinski definition) is 2. The second-order valence-corrected chi connectivity index (χ2v) is 4.35. The third-order valence-electron chi connectivity index (χ3n) is 2.83. The van der Waals surface area contributed by atoms with Crippen LogP contribution in [-0.2, 0) is 9.59 Å². The highest BCUT2D eigenvalue weighted by atomic mass is 16.4. The van der Waals surface area contributed by atoms with Crippen molar-refractivity contribution < 1.29 is 14.7 Å². The van der Waals surface area contributed by atoms with Crippen molar-refractivity contribution in [2.75, 3.05) is 26.7 Å². The number of carboxylic acids is 1. The monoisotopic (exact) mass is 229 g/mol. The summed E-state index contributed by atoms with van der Waals surface area (Å²) in [6.07, 6.45) is -0.308. The molecule has 1 aliphatic rings. The van der Waals surface area contributed by atoms with Crippen LogP contribution in [0.2, 0.25) is 0 Å². The van der Waals surface area contributed by atoms with E-state index in [2.05, 4.69) is 4.90 Å². The van der Waals surface area contributed by atoms with Crippen LogP contribution < -0.4 is 5.73 Å². The van der Waals surface area contributed by atoms with Crippen molar-refractivity contribution in [1.29, 1.82) is 0 Å². The molecular weight excluding hydrogens is 210 g/mol. The molecule has 0 bridgehead atoms. The summed E-state index contributed by atoms with van der Waals surface area (Å²) in [4.78, 5) is 26.2. The lowest BCUT2D eigenvalue weighted by Gasteiger charge is -2.39. The molecule has 92 valence electrons. The van der Waals surface area contributed by atoms with Crippen molar-refractivity contribution >= 4 is 11.9 Å². The number of carboxylic acid groups (broad SMARTS) is 1. The number of hydrogen-bond acceptors (Lipinski definition) is 4. The molecule has 1 heterocycles. The van der Waals surface area contributed by atoms with E-state index in [-0.39, 0.29) is 18.4 Å². The molecule has 0 radical (unpaired) electrons. The molecule has 1 amide bonds. The third-order valence-corrected chi connectivity index (χ3v) is 2.83. The van der Waals surface area contributed by atoms with Gasteiger partial charge in [-0.3, -0.25) is 9.59 Å². The smallest absolute Gasteiger partial charge is 0.305 e. The summed E-state index contributed by atoms with van der Waals surface area (Å²) in [5.41, 5.74) is 5.56. The van der Waals surface area contributed by atoms with Gasteiger partial charge in [-0.25, -0.2) is 0 Å². The Bertz CT molecular complexity index is 282. The third kappa shape index (κ3) is 3.18. The van der Waals surface area contributed by atoms with Gasteiger partial charge in [-0.2, -0.15) is 0 Å². The molecule has 16 heavy (non-hydrogen) atoms. The summed E-state index contributed by atoms with van der Waals surface area (Å²) < 4.78 is 0. The number of likely N-dealkylation sites (N-methyl/N-ethyl adjacent to an activating group) is 1. The number of carbonyl (C=O) groups is 2. The van der Waals surface area contributed by atoms with Gasteiger partial charge in [0.2, 0.25) is 5.91 Å². The molecule has 6 heteroatoms. The number of rotatable bonds is 3. The van der Waals surface area contributed by atoms with Crippen LogP contribution in [0.1, 0.15) is 13.3 Å². The Morgan fingerprint density at radius 3 is 2.62 bits per heavy atom. The van der Waals surface area contributed by atoms with Crippen molar-refractivity contribution in [3.05, 3.63) is 0 Å². The van der Waals surface area contributed by atoms with Crippen LogP contribution in [-0.4, -0.2) is 65.5 Å². The molecule has 2 unspecified atom stereocenters. The van der Waals surface area contributed by atoms with Gasteiger partial charge in [0.25, 0.3) is 0 Å². The number of piperazine rings is 1. The Hall–Kier alpha value is -1.14. The molecule has 1 rings (SSSR count). The highest BCUT2D eigenvalue weighted by Crippen LogP contribution is 2.10. The Kier molecular flexibility index (Phi) is 4.26. The first-order valence-corrected chi connectivity index (χ1v) is 5.38. The van der Waals surface area contributed by atoms with E-state index in [4.69, 9.17) is 10.8 Å². The molecule has 1 aliphatic heterocycles. The standard InChI is InChI=1S/C10H19N3O3/c1-7-6-12(2)3-4-13(7)10(16)8(11)5-9(14)15/h7-8H,3-6,11H2,1-2H3,(H,14,15). The second kappa shape index (κ2) is 5.27. The largest absolute Gasteiger partial charge is 0.481 e. The first-order chi connectivity index (χ1) is 7.41. The summed E-state index contributed by atoms with van der Waals surface area (Å²) in [5.74, 6) is -1.30. The highest BCUT2D eigenvalue weighted by Gasteiger charge is 2.29. The highest BCUT2D eigenvalue weighted by molar-refractivity contribution is 5.86. The number of nitrogens with two attached hydrogens (primary N) is 1. The lowest BCUT2D eigenvalue weighted by molar-refractivity contribution is -0.143. The van der Waals surface area contributed by atoms with Gasteiger partial charge in [-0.1, -0.05) is 0 Å². The molecule has 6 nitrogen and oxygen atoms in total. The van der Waals surface area contributed by atoms with Crippen LogP contribution in [0.4, 0.5) is 0 Å². The first-order valence-electron chi connectivity index (χ1n) is 5.38. The van der Waals surface area contributed by atoms with Gasteiger partial charge in [0.05, 0.1) is 12.5 Å². The van der Waals surface area contributed by atoms with Gasteiger partial charge < -0.3 is 20.6 Å². The van der Waals surface area contributed by atoms with Crippen molar-refractivity contribution in [1.82, 2.24) is 9.80 Å². The van der Waals surface area contributed by atoms with E-state index in [0.29, 0.717) is 6.54 Å². The number of nitrogens with zero attached hydrogens (tertiary/aromatic N) is 2. The Balaban J connectivity index is 2.56. The average molecular weight is 229 g/mol. The quantitative estimate of drug-likeness (QED) is 0.645. The van der Waals surface area contributed by atoms with E-state index < -0.39 is 12.0 Å². The minimum atomic E-state index is -1.04.